The number of rotatable bonds is 2. The van der Waals surface area contributed by atoms with Gasteiger partial charge in [0.15, 0.2) is 5.69 Å². The fourth-order valence-corrected chi connectivity index (χ4v) is 1.86. The Kier molecular flexibility index (Phi) is 3.02. The summed E-state index contributed by atoms with van der Waals surface area (Å²) < 4.78 is 20.3. The van der Waals surface area contributed by atoms with E-state index >= 15 is 0 Å². The molecule has 0 radical (unpaired) electrons. The molecule has 0 N–H and O–H groups in total. The molecule has 1 aromatic heterocycles. The van der Waals surface area contributed by atoms with Gasteiger partial charge in [0.2, 0.25) is 0 Å². The van der Waals surface area contributed by atoms with Crippen LogP contribution >= 0.6 is 0 Å². The molecular formula is C13H12FN3O. The lowest BCUT2D eigenvalue weighted by Gasteiger charge is -2.10. The first-order chi connectivity index (χ1) is 8.58. The Labute approximate surface area is 104 Å². The van der Waals surface area contributed by atoms with Gasteiger partial charge in [-0.15, -0.1) is 0 Å². The Hall–Kier alpha value is -2.35. The lowest BCUT2D eigenvalue weighted by atomic mass is 10.1. The number of aryl methyl sites for hydroxylation is 1. The van der Waals surface area contributed by atoms with Crippen molar-refractivity contribution in [2.45, 2.75) is 6.92 Å². The Morgan fingerprint density at radius 1 is 1.44 bits per heavy atom. The summed E-state index contributed by atoms with van der Waals surface area (Å²) in [6.45, 7) is 1.79. The zero-order valence-corrected chi connectivity index (χ0v) is 10.4. The van der Waals surface area contributed by atoms with Gasteiger partial charge in [0.05, 0.1) is 12.8 Å². The first-order valence-electron chi connectivity index (χ1n) is 5.35. The smallest absolute Gasteiger partial charge is 0.166 e. The van der Waals surface area contributed by atoms with Crippen molar-refractivity contribution in [2.75, 3.05) is 7.11 Å². The number of aromatic nitrogens is 2. The molecule has 0 aliphatic rings. The maximum atomic E-state index is 13.4. The van der Waals surface area contributed by atoms with Gasteiger partial charge in [-0.3, -0.25) is 0 Å². The van der Waals surface area contributed by atoms with Crippen LogP contribution in [0.5, 0.6) is 5.75 Å². The average molecular weight is 245 g/mol. The van der Waals surface area contributed by atoms with Crippen LogP contribution in [0.4, 0.5) is 4.39 Å². The number of hydrogen-bond acceptors (Lipinski definition) is 3. The van der Waals surface area contributed by atoms with E-state index in [1.54, 1.807) is 18.5 Å². The summed E-state index contributed by atoms with van der Waals surface area (Å²) in [5, 5.41) is 9.09. The summed E-state index contributed by atoms with van der Waals surface area (Å²) in [4.78, 5) is 4.13. The molecule has 0 atom stereocenters. The maximum absolute atomic E-state index is 13.4. The standard InChI is InChI=1S/C13H12FN3O/c1-8-16-11(7-15)13(17(8)2)10-6-9(14)4-5-12(10)18-3/h4-6H,1-3H3. The highest BCUT2D eigenvalue weighted by Crippen LogP contribution is 2.32. The predicted molar refractivity (Wildman–Crippen MR) is 64.6 cm³/mol. The molecule has 0 fully saturated rings. The Morgan fingerprint density at radius 3 is 2.78 bits per heavy atom. The molecule has 4 nitrogen and oxygen atoms in total. The lowest BCUT2D eigenvalue weighted by molar-refractivity contribution is 0.415. The highest BCUT2D eigenvalue weighted by atomic mass is 19.1. The van der Waals surface area contributed by atoms with Crippen molar-refractivity contribution < 1.29 is 9.13 Å². The third-order valence-corrected chi connectivity index (χ3v) is 2.84. The highest BCUT2D eigenvalue weighted by Gasteiger charge is 2.18. The molecule has 0 unspecified atom stereocenters. The van der Waals surface area contributed by atoms with Gasteiger partial charge in [-0.05, 0) is 25.1 Å². The summed E-state index contributed by atoms with van der Waals surface area (Å²) in [5.74, 6) is 0.817. The second kappa shape index (κ2) is 4.49. The van der Waals surface area contributed by atoms with E-state index in [2.05, 4.69) is 4.98 Å². The van der Waals surface area contributed by atoms with Gasteiger partial charge >= 0.3 is 0 Å². The Morgan fingerprint density at radius 2 is 2.17 bits per heavy atom. The van der Waals surface area contributed by atoms with Crippen LogP contribution in [0.1, 0.15) is 11.5 Å². The lowest BCUT2D eigenvalue weighted by Crippen LogP contribution is -1.98. The van der Waals surface area contributed by atoms with E-state index in [1.807, 2.05) is 6.07 Å². The number of methoxy groups -OCH3 is 1. The summed E-state index contributed by atoms with van der Waals surface area (Å²) in [7, 11) is 3.29. The zero-order valence-electron chi connectivity index (χ0n) is 10.4. The highest BCUT2D eigenvalue weighted by molar-refractivity contribution is 5.72. The van der Waals surface area contributed by atoms with E-state index in [4.69, 9.17) is 10.00 Å². The van der Waals surface area contributed by atoms with Gasteiger partial charge in [-0.1, -0.05) is 0 Å². The molecular weight excluding hydrogens is 233 g/mol. The van der Waals surface area contributed by atoms with E-state index in [-0.39, 0.29) is 11.5 Å². The minimum absolute atomic E-state index is 0.263. The molecule has 1 aromatic carbocycles. The van der Waals surface area contributed by atoms with Crippen molar-refractivity contribution in [2.24, 2.45) is 7.05 Å². The normalized spacial score (nSPS) is 10.2. The topological polar surface area (TPSA) is 50.8 Å². The largest absolute Gasteiger partial charge is 0.496 e. The average Bonchev–Trinajstić information content (AvgIpc) is 2.65. The number of ether oxygens (including phenoxy) is 1. The molecule has 92 valence electrons. The summed E-state index contributed by atoms with van der Waals surface area (Å²) >= 11 is 0. The van der Waals surface area contributed by atoms with Crippen LogP contribution in [0.3, 0.4) is 0 Å². The van der Waals surface area contributed by atoms with E-state index in [0.717, 1.165) is 0 Å². The van der Waals surface area contributed by atoms with Gasteiger partial charge in [0.1, 0.15) is 23.5 Å². The van der Waals surface area contributed by atoms with Crippen molar-refractivity contribution in [1.82, 2.24) is 9.55 Å². The van der Waals surface area contributed by atoms with Gasteiger partial charge in [0.25, 0.3) is 0 Å². The number of imidazole rings is 1. The molecule has 0 amide bonds. The fourth-order valence-electron chi connectivity index (χ4n) is 1.86. The summed E-state index contributed by atoms with van der Waals surface area (Å²) in [5.41, 5.74) is 1.35. The van der Waals surface area contributed by atoms with Crippen LogP contribution in [0, 0.1) is 24.1 Å². The molecule has 0 spiro atoms. The van der Waals surface area contributed by atoms with Gasteiger partial charge in [-0.25, -0.2) is 9.37 Å². The van der Waals surface area contributed by atoms with Crippen molar-refractivity contribution in [3.05, 3.63) is 35.5 Å². The number of hydrogen-bond donors (Lipinski definition) is 0. The van der Waals surface area contributed by atoms with Crippen molar-refractivity contribution in [1.29, 1.82) is 5.26 Å². The van der Waals surface area contributed by atoms with E-state index in [9.17, 15) is 4.39 Å². The molecule has 0 saturated carbocycles. The third-order valence-electron chi connectivity index (χ3n) is 2.84. The molecule has 1 heterocycles. The van der Waals surface area contributed by atoms with Crippen LogP contribution < -0.4 is 4.74 Å². The van der Waals surface area contributed by atoms with E-state index in [0.29, 0.717) is 22.8 Å². The molecule has 0 bridgehead atoms. The van der Waals surface area contributed by atoms with Gasteiger partial charge < -0.3 is 9.30 Å². The summed E-state index contributed by atoms with van der Waals surface area (Å²) in [6.07, 6.45) is 0. The molecule has 2 aromatic rings. The molecule has 0 aliphatic heterocycles. The van der Waals surface area contributed by atoms with Gasteiger partial charge in [0, 0.05) is 12.6 Å². The van der Waals surface area contributed by atoms with Gasteiger partial charge in [-0.2, -0.15) is 5.26 Å². The van der Waals surface area contributed by atoms with Crippen LogP contribution in [-0.2, 0) is 7.05 Å². The predicted octanol–water partition coefficient (Wildman–Crippen LogP) is 2.41. The second-order valence-electron chi connectivity index (χ2n) is 3.87. The maximum Gasteiger partial charge on any atom is 0.166 e. The van der Waals surface area contributed by atoms with Crippen LogP contribution in [0.25, 0.3) is 11.3 Å². The van der Waals surface area contributed by atoms with Crippen LogP contribution in [0.2, 0.25) is 0 Å². The quantitative estimate of drug-likeness (QED) is 0.816. The fraction of sp³-hybridized carbons (Fsp3) is 0.231. The third kappa shape index (κ3) is 1.82. The SMILES string of the molecule is COc1ccc(F)cc1-c1c(C#N)nc(C)n1C. The van der Waals surface area contributed by atoms with E-state index < -0.39 is 0 Å². The van der Waals surface area contributed by atoms with Crippen molar-refractivity contribution in [3.63, 3.8) is 0 Å². The molecule has 18 heavy (non-hydrogen) atoms. The zero-order chi connectivity index (χ0) is 13.3. The Balaban J connectivity index is 2.76. The minimum atomic E-state index is -0.381. The summed E-state index contributed by atoms with van der Waals surface area (Å²) in [6, 6.07) is 6.21. The van der Waals surface area contributed by atoms with E-state index in [1.165, 1.54) is 25.3 Å². The monoisotopic (exact) mass is 245 g/mol. The first kappa shape index (κ1) is 12.1. The number of benzene rings is 1. The first-order valence-corrected chi connectivity index (χ1v) is 5.35. The number of nitrogens with zero attached hydrogens (tertiary/aromatic N) is 3. The molecule has 2 rings (SSSR count). The molecule has 0 saturated heterocycles. The molecule has 0 aliphatic carbocycles. The number of nitriles is 1. The molecule has 5 heteroatoms. The second-order valence-corrected chi connectivity index (χ2v) is 3.87. The minimum Gasteiger partial charge on any atom is -0.496 e. The number of halogens is 1. The van der Waals surface area contributed by atoms with Crippen LogP contribution in [-0.4, -0.2) is 16.7 Å². The Bertz CT molecular complexity index is 640. The van der Waals surface area contributed by atoms with Crippen LogP contribution in [0.15, 0.2) is 18.2 Å². The van der Waals surface area contributed by atoms with Crippen molar-refractivity contribution in [3.8, 4) is 23.1 Å². The van der Waals surface area contributed by atoms with Crippen molar-refractivity contribution >= 4 is 0 Å².